The Kier molecular flexibility index (Phi) is 5.19. The van der Waals surface area contributed by atoms with E-state index in [-0.39, 0.29) is 0 Å². The van der Waals surface area contributed by atoms with Gasteiger partial charge < -0.3 is 10.1 Å². The van der Waals surface area contributed by atoms with Crippen LogP contribution in [0.2, 0.25) is 5.02 Å². The summed E-state index contributed by atoms with van der Waals surface area (Å²) in [7, 11) is 1.95. The van der Waals surface area contributed by atoms with E-state index in [0.29, 0.717) is 11.6 Å². The van der Waals surface area contributed by atoms with E-state index in [1.165, 1.54) is 0 Å². The van der Waals surface area contributed by atoms with Gasteiger partial charge in [0.2, 0.25) is 0 Å². The van der Waals surface area contributed by atoms with E-state index in [4.69, 9.17) is 16.3 Å². The minimum Gasteiger partial charge on any atom is -0.492 e. The lowest BCUT2D eigenvalue weighted by atomic mass is 10.1. The molecule has 0 radical (unpaired) electrons. The van der Waals surface area contributed by atoms with Crippen LogP contribution >= 0.6 is 22.9 Å². The number of ether oxygens (including phenoxy) is 1. The summed E-state index contributed by atoms with van der Waals surface area (Å²) in [5, 5.41) is 6.95. The van der Waals surface area contributed by atoms with E-state index in [1.807, 2.05) is 32.2 Å². The van der Waals surface area contributed by atoms with Crippen molar-refractivity contribution in [3.05, 3.63) is 33.6 Å². The van der Waals surface area contributed by atoms with Crippen LogP contribution in [-0.4, -0.2) is 25.2 Å². The lowest BCUT2D eigenvalue weighted by molar-refractivity contribution is 0.340. The summed E-state index contributed by atoms with van der Waals surface area (Å²) < 4.78 is 5.43. The Morgan fingerprint density at radius 3 is 2.95 bits per heavy atom. The summed E-state index contributed by atoms with van der Waals surface area (Å²) in [6, 6.07) is 5.80. The molecule has 1 heterocycles. The highest BCUT2D eigenvalue weighted by molar-refractivity contribution is 7.09. The van der Waals surface area contributed by atoms with Crippen LogP contribution in [0.1, 0.15) is 11.9 Å². The second kappa shape index (κ2) is 6.89. The van der Waals surface area contributed by atoms with Crippen molar-refractivity contribution >= 4 is 22.9 Å². The van der Waals surface area contributed by atoms with Gasteiger partial charge in [-0.2, -0.15) is 0 Å². The van der Waals surface area contributed by atoms with Crippen molar-refractivity contribution < 1.29 is 4.74 Å². The normalized spacial score (nSPS) is 10.7. The van der Waals surface area contributed by atoms with Crippen molar-refractivity contribution in [2.45, 2.75) is 13.3 Å². The molecule has 0 aliphatic carbocycles. The van der Waals surface area contributed by atoms with E-state index < -0.39 is 0 Å². The summed E-state index contributed by atoms with van der Waals surface area (Å²) in [4.78, 5) is 4.61. The zero-order chi connectivity index (χ0) is 13.7. The molecule has 5 heteroatoms. The SMILES string of the molecule is CCOc1ccc(-c2csc(CCNC)n2)cc1Cl. The van der Waals surface area contributed by atoms with Gasteiger partial charge >= 0.3 is 0 Å². The number of nitrogens with one attached hydrogen (secondary N) is 1. The first-order valence-corrected chi connectivity index (χ1v) is 7.52. The number of likely N-dealkylation sites (N-methyl/N-ethyl adjacent to an activating group) is 1. The number of hydrogen-bond acceptors (Lipinski definition) is 4. The summed E-state index contributed by atoms with van der Waals surface area (Å²) >= 11 is 7.87. The van der Waals surface area contributed by atoms with Crippen molar-refractivity contribution in [3.63, 3.8) is 0 Å². The first-order chi connectivity index (χ1) is 9.24. The highest BCUT2D eigenvalue weighted by Crippen LogP contribution is 2.31. The Morgan fingerprint density at radius 2 is 2.26 bits per heavy atom. The van der Waals surface area contributed by atoms with Gasteiger partial charge in [-0.3, -0.25) is 0 Å². The molecule has 2 aromatic rings. The molecule has 0 spiro atoms. The standard InChI is InChI=1S/C14H17ClN2OS/c1-3-18-13-5-4-10(8-11(13)15)12-9-19-14(17-12)6-7-16-2/h4-5,8-9,16H,3,6-7H2,1-2H3. The maximum absolute atomic E-state index is 6.19. The Hall–Kier alpha value is -1.10. The Bertz CT molecular complexity index is 542. The Morgan fingerprint density at radius 1 is 1.42 bits per heavy atom. The van der Waals surface area contributed by atoms with Crippen molar-refractivity contribution in [2.24, 2.45) is 0 Å². The van der Waals surface area contributed by atoms with Gasteiger partial charge in [0.05, 0.1) is 22.3 Å². The average molecular weight is 297 g/mol. The van der Waals surface area contributed by atoms with Gasteiger partial charge in [0.25, 0.3) is 0 Å². The number of thiazole rings is 1. The van der Waals surface area contributed by atoms with Crippen LogP contribution in [0.5, 0.6) is 5.75 Å². The molecule has 0 unspecified atom stereocenters. The summed E-state index contributed by atoms with van der Waals surface area (Å²) in [6.45, 7) is 3.50. The number of hydrogen-bond donors (Lipinski definition) is 1. The molecule has 102 valence electrons. The van der Waals surface area contributed by atoms with E-state index in [2.05, 4.69) is 15.7 Å². The zero-order valence-electron chi connectivity index (χ0n) is 11.1. The maximum atomic E-state index is 6.19. The number of benzene rings is 1. The van der Waals surface area contributed by atoms with Gasteiger partial charge in [0.1, 0.15) is 5.75 Å². The molecule has 19 heavy (non-hydrogen) atoms. The van der Waals surface area contributed by atoms with Crippen LogP contribution in [-0.2, 0) is 6.42 Å². The largest absolute Gasteiger partial charge is 0.492 e. The second-order valence-corrected chi connectivity index (χ2v) is 5.41. The lowest BCUT2D eigenvalue weighted by Crippen LogP contribution is -2.09. The molecule has 0 atom stereocenters. The van der Waals surface area contributed by atoms with Gasteiger partial charge in [-0.1, -0.05) is 11.6 Å². The van der Waals surface area contributed by atoms with E-state index in [9.17, 15) is 0 Å². The number of nitrogens with zero attached hydrogens (tertiary/aromatic N) is 1. The van der Waals surface area contributed by atoms with E-state index in [0.717, 1.165) is 35.0 Å². The molecule has 0 saturated heterocycles. The monoisotopic (exact) mass is 296 g/mol. The first-order valence-electron chi connectivity index (χ1n) is 6.26. The summed E-state index contributed by atoms with van der Waals surface area (Å²) in [5.74, 6) is 0.721. The van der Waals surface area contributed by atoms with Gasteiger partial charge in [-0.05, 0) is 32.2 Å². The van der Waals surface area contributed by atoms with Crippen LogP contribution in [0.25, 0.3) is 11.3 Å². The minimum atomic E-state index is 0.615. The quantitative estimate of drug-likeness (QED) is 0.884. The third kappa shape index (κ3) is 3.69. The van der Waals surface area contributed by atoms with Gasteiger partial charge in [0, 0.05) is 23.9 Å². The highest BCUT2D eigenvalue weighted by Gasteiger charge is 2.08. The van der Waals surface area contributed by atoms with Gasteiger partial charge in [-0.15, -0.1) is 11.3 Å². The second-order valence-electron chi connectivity index (χ2n) is 4.06. The fraction of sp³-hybridized carbons (Fsp3) is 0.357. The fourth-order valence-electron chi connectivity index (χ4n) is 1.72. The number of halogens is 1. The third-order valence-electron chi connectivity index (χ3n) is 2.67. The van der Waals surface area contributed by atoms with E-state index in [1.54, 1.807) is 11.3 Å². The van der Waals surface area contributed by atoms with Gasteiger partial charge in [-0.25, -0.2) is 4.98 Å². The lowest BCUT2D eigenvalue weighted by Gasteiger charge is -2.06. The highest BCUT2D eigenvalue weighted by atomic mass is 35.5. The van der Waals surface area contributed by atoms with Crippen molar-refractivity contribution in [1.82, 2.24) is 10.3 Å². The molecule has 1 aromatic heterocycles. The molecule has 0 aliphatic rings. The van der Waals surface area contributed by atoms with Crippen molar-refractivity contribution in [1.29, 1.82) is 0 Å². The molecule has 1 aromatic carbocycles. The maximum Gasteiger partial charge on any atom is 0.137 e. The summed E-state index contributed by atoms with van der Waals surface area (Å²) in [6.07, 6.45) is 0.950. The molecule has 0 fully saturated rings. The molecule has 1 N–H and O–H groups in total. The van der Waals surface area contributed by atoms with Crippen LogP contribution in [0.3, 0.4) is 0 Å². The van der Waals surface area contributed by atoms with Gasteiger partial charge in [0.15, 0.2) is 0 Å². The van der Waals surface area contributed by atoms with Crippen molar-refractivity contribution in [2.75, 3.05) is 20.2 Å². The summed E-state index contributed by atoms with van der Waals surface area (Å²) in [5.41, 5.74) is 2.00. The average Bonchev–Trinajstić information content (AvgIpc) is 2.88. The van der Waals surface area contributed by atoms with Crippen LogP contribution in [0.15, 0.2) is 23.6 Å². The van der Waals surface area contributed by atoms with Crippen molar-refractivity contribution in [3.8, 4) is 17.0 Å². The van der Waals surface area contributed by atoms with Crippen LogP contribution in [0, 0.1) is 0 Å². The predicted molar refractivity (Wildman–Crippen MR) is 81.4 cm³/mol. The Balaban J connectivity index is 2.17. The topological polar surface area (TPSA) is 34.1 Å². The van der Waals surface area contributed by atoms with Crippen LogP contribution in [0.4, 0.5) is 0 Å². The van der Waals surface area contributed by atoms with Crippen LogP contribution < -0.4 is 10.1 Å². The minimum absolute atomic E-state index is 0.615. The molecule has 2 rings (SSSR count). The number of aromatic nitrogens is 1. The smallest absolute Gasteiger partial charge is 0.137 e. The fourth-order valence-corrected chi connectivity index (χ4v) is 2.77. The molecule has 3 nitrogen and oxygen atoms in total. The molecule has 0 aliphatic heterocycles. The zero-order valence-corrected chi connectivity index (χ0v) is 12.6. The number of rotatable bonds is 6. The molecule has 0 saturated carbocycles. The molecule has 0 bridgehead atoms. The molecule has 0 amide bonds. The molecular weight excluding hydrogens is 280 g/mol. The third-order valence-corrected chi connectivity index (χ3v) is 3.87. The molecular formula is C14H17ClN2OS. The van der Waals surface area contributed by atoms with E-state index >= 15 is 0 Å². The Labute approximate surface area is 122 Å². The first kappa shape index (κ1) is 14.3. The predicted octanol–water partition coefficient (Wildman–Crippen LogP) is 3.62.